The van der Waals surface area contributed by atoms with Gasteiger partial charge in [-0.25, -0.2) is 0 Å². The summed E-state index contributed by atoms with van der Waals surface area (Å²) >= 11 is 1.30. The number of methoxy groups -OCH3 is 2. The van der Waals surface area contributed by atoms with E-state index in [1.807, 2.05) is 19.1 Å². The van der Waals surface area contributed by atoms with Gasteiger partial charge in [0, 0.05) is 33.5 Å². The number of nitrogens with zero attached hydrogens (tertiary/aromatic N) is 4. The Morgan fingerprint density at radius 1 is 1.21 bits per heavy atom. The van der Waals surface area contributed by atoms with Crippen LogP contribution in [0.4, 0.5) is 0 Å². The lowest BCUT2D eigenvalue weighted by atomic mass is 10.1. The molecule has 0 unspecified atom stereocenters. The van der Waals surface area contributed by atoms with Crippen molar-refractivity contribution in [3.63, 3.8) is 0 Å². The molecule has 0 saturated carbocycles. The fraction of sp³-hybridized carbons (Fsp3) is 0.474. The van der Waals surface area contributed by atoms with Gasteiger partial charge in [0.05, 0.1) is 20.0 Å². The third kappa shape index (κ3) is 5.86. The summed E-state index contributed by atoms with van der Waals surface area (Å²) in [7, 11) is 6.74. The fourth-order valence-corrected chi connectivity index (χ4v) is 3.57. The molecule has 1 heterocycles. The zero-order chi connectivity index (χ0) is 21.6. The molecule has 0 fully saturated rings. The second-order valence-corrected chi connectivity index (χ2v) is 7.54. The normalized spacial score (nSPS) is 10.7. The average Bonchev–Trinajstić information content (AvgIpc) is 3.04. The number of rotatable bonds is 10. The maximum absolute atomic E-state index is 12.6. The lowest BCUT2D eigenvalue weighted by molar-refractivity contribution is -0.127. The molecule has 0 aliphatic heterocycles. The number of hydrogen-bond acceptors (Lipinski definition) is 7. The van der Waals surface area contributed by atoms with E-state index in [1.54, 1.807) is 37.8 Å². The lowest BCUT2D eigenvalue weighted by Gasteiger charge is -2.20. The van der Waals surface area contributed by atoms with Crippen molar-refractivity contribution in [3.8, 4) is 11.5 Å². The average molecular weight is 422 g/mol. The van der Waals surface area contributed by atoms with Gasteiger partial charge in [0.2, 0.25) is 11.8 Å². The van der Waals surface area contributed by atoms with E-state index in [9.17, 15) is 9.59 Å². The molecular formula is C19H27N5O4S. The van der Waals surface area contributed by atoms with Gasteiger partial charge >= 0.3 is 0 Å². The van der Waals surface area contributed by atoms with Crippen LogP contribution < -0.4 is 15.2 Å². The maximum atomic E-state index is 12.6. The topological polar surface area (TPSA) is 113 Å². The summed E-state index contributed by atoms with van der Waals surface area (Å²) in [6, 6.07) is 3.78. The zero-order valence-electron chi connectivity index (χ0n) is 17.4. The predicted octanol–water partition coefficient (Wildman–Crippen LogP) is 1.31. The minimum absolute atomic E-state index is 0.0362. The zero-order valence-corrected chi connectivity index (χ0v) is 18.2. The monoisotopic (exact) mass is 421 g/mol. The van der Waals surface area contributed by atoms with Crippen molar-refractivity contribution in [3.05, 3.63) is 29.1 Å². The smallest absolute Gasteiger partial charge is 0.233 e. The number of primary amides is 1. The van der Waals surface area contributed by atoms with Gasteiger partial charge in [-0.05, 0) is 30.2 Å². The molecule has 2 aromatic rings. The number of aryl methyl sites for hydroxylation is 2. The van der Waals surface area contributed by atoms with Crippen molar-refractivity contribution in [1.29, 1.82) is 0 Å². The second-order valence-electron chi connectivity index (χ2n) is 6.60. The van der Waals surface area contributed by atoms with Crippen LogP contribution in [0.3, 0.4) is 0 Å². The molecule has 0 radical (unpaired) electrons. The van der Waals surface area contributed by atoms with Gasteiger partial charge in [0.25, 0.3) is 0 Å². The van der Waals surface area contributed by atoms with Gasteiger partial charge in [-0.1, -0.05) is 11.8 Å². The van der Waals surface area contributed by atoms with Crippen molar-refractivity contribution in [2.75, 3.05) is 27.0 Å². The highest BCUT2D eigenvalue weighted by Crippen LogP contribution is 2.30. The molecule has 0 atom stereocenters. The van der Waals surface area contributed by atoms with Crippen LogP contribution in [-0.2, 0) is 29.6 Å². The number of ether oxygens (including phenoxy) is 2. The standard InChI is InChI=1S/C19H27N5O4S/c1-12-8-14(27-4)15(28-5)9-13(12)10-23(2)18(26)11-29-19-22-21-17(24(19)3)7-6-16(20)25/h8-9H,6-7,10-11H2,1-5H3,(H2,20,25). The van der Waals surface area contributed by atoms with E-state index in [-0.39, 0.29) is 24.0 Å². The van der Waals surface area contributed by atoms with E-state index < -0.39 is 0 Å². The van der Waals surface area contributed by atoms with E-state index in [0.717, 1.165) is 11.1 Å². The number of aromatic nitrogens is 3. The molecular weight excluding hydrogens is 394 g/mol. The van der Waals surface area contributed by atoms with Crippen LogP contribution >= 0.6 is 11.8 Å². The van der Waals surface area contributed by atoms with Crippen LogP contribution in [0.15, 0.2) is 17.3 Å². The first kappa shape index (κ1) is 22.5. The summed E-state index contributed by atoms with van der Waals surface area (Å²) in [6.45, 7) is 2.42. The van der Waals surface area contributed by atoms with Gasteiger partial charge in [0.15, 0.2) is 16.7 Å². The number of carbonyl (C=O) groups is 2. The highest BCUT2D eigenvalue weighted by atomic mass is 32.2. The van der Waals surface area contributed by atoms with Crippen LogP contribution in [0.2, 0.25) is 0 Å². The Labute approximate surface area is 174 Å². The van der Waals surface area contributed by atoms with Gasteiger partial charge in [0.1, 0.15) is 5.82 Å². The van der Waals surface area contributed by atoms with E-state index in [1.165, 1.54) is 11.8 Å². The number of benzene rings is 1. The number of thioether (sulfide) groups is 1. The Bertz CT molecular complexity index is 884. The molecule has 29 heavy (non-hydrogen) atoms. The van der Waals surface area contributed by atoms with Crippen molar-refractivity contribution in [2.45, 2.75) is 31.5 Å². The number of carbonyl (C=O) groups excluding carboxylic acids is 2. The Kier molecular flexibility index (Phi) is 7.89. The van der Waals surface area contributed by atoms with Gasteiger partial charge in [-0.3, -0.25) is 9.59 Å². The first-order valence-corrected chi connectivity index (χ1v) is 10.00. The van der Waals surface area contributed by atoms with Gasteiger partial charge in [-0.15, -0.1) is 10.2 Å². The molecule has 0 bridgehead atoms. The fourth-order valence-electron chi connectivity index (χ4n) is 2.70. The van der Waals surface area contributed by atoms with Crippen LogP contribution in [0, 0.1) is 6.92 Å². The Hall–Kier alpha value is -2.75. The number of hydrogen-bond donors (Lipinski definition) is 1. The molecule has 0 aliphatic carbocycles. The lowest BCUT2D eigenvalue weighted by Crippen LogP contribution is -2.28. The van der Waals surface area contributed by atoms with Gasteiger partial charge in [-0.2, -0.15) is 0 Å². The Morgan fingerprint density at radius 3 is 2.48 bits per heavy atom. The maximum Gasteiger partial charge on any atom is 0.233 e. The summed E-state index contributed by atoms with van der Waals surface area (Å²) in [4.78, 5) is 25.2. The first-order valence-electron chi connectivity index (χ1n) is 9.01. The molecule has 2 N–H and O–H groups in total. The van der Waals surface area contributed by atoms with Crippen molar-refractivity contribution in [2.24, 2.45) is 12.8 Å². The molecule has 0 saturated heterocycles. The molecule has 10 heteroatoms. The molecule has 0 aliphatic rings. The van der Waals surface area contributed by atoms with Crippen LogP contribution in [0.5, 0.6) is 11.5 Å². The summed E-state index contributed by atoms with van der Waals surface area (Å²) in [5.74, 6) is 1.76. The molecule has 158 valence electrons. The van der Waals surface area contributed by atoms with Crippen LogP contribution in [0.25, 0.3) is 0 Å². The summed E-state index contributed by atoms with van der Waals surface area (Å²) in [5, 5.41) is 8.77. The van der Waals surface area contributed by atoms with Crippen LogP contribution in [-0.4, -0.2) is 58.5 Å². The summed E-state index contributed by atoms with van der Waals surface area (Å²) in [6.07, 6.45) is 0.634. The van der Waals surface area contributed by atoms with E-state index in [0.29, 0.717) is 35.4 Å². The van der Waals surface area contributed by atoms with Crippen molar-refractivity contribution < 1.29 is 19.1 Å². The van der Waals surface area contributed by atoms with Gasteiger partial charge < -0.3 is 24.7 Å². The third-order valence-electron chi connectivity index (χ3n) is 4.52. The first-order chi connectivity index (χ1) is 13.8. The molecule has 0 spiro atoms. The molecule has 2 amide bonds. The Morgan fingerprint density at radius 2 is 1.86 bits per heavy atom. The molecule has 1 aromatic heterocycles. The molecule has 1 aromatic carbocycles. The minimum Gasteiger partial charge on any atom is -0.493 e. The summed E-state index contributed by atoms with van der Waals surface area (Å²) in [5.41, 5.74) is 7.17. The molecule has 2 rings (SSSR count). The minimum atomic E-state index is -0.385. The van der Waals surface area contributed by atoms with E-state index in [2.05, 4.69) is 10.2 Å². The highest BCUT2D eigenvalue weighted by molar-refractivity contribution is 7.99. The van der Waals surface area contributed by atoms with Crippen LogP contribution in [0.1, 0.15) is 23.4 Å². The predicted molar refractivity (Wildman–Crippen MR) is 110 cm³/mol. The molecule has 9 nitrogen and oxygen atoms in total. The number of amides is 2. The van der Waals surface area contributed by atoms with Crippen molar-refractivity contribution >= 4 is 23.6 Å². The number of nitrogens with two attached hydrogens (primary N) is 1. The largest absolute Gasteiger partial charge is 0.493 e. The second kappa shape index (κ2) is 10.1. The van der Waals surface area contributed by atoms with E-state index in [4.69, 9.17) is 15.2 Å². The SMILES string of the molecule is COc1cc(C)c(CN(C)C(=O)CSc2nnc(CCC(N)=O)n2C)cc1OC. The van der Waals surface area contributed by atoms with Crippen molar-refractivity contribution in [1.82, 2.24) is 19.7 Å². The van der Waals surface area contributed by atoms with E-state index >= 15 is 0 Å². The Balaban J connectivity index is 1.97. The quantitative estimate of drug-likeness (QED) is 0.576. The third-order valence-corrected chi connectivity index (χ3v) is 5.53. The highest BCUT2D eigenvalue weighted by Gasteiger charge is 2.16. The summed E-state index contributed by atoms with van der Waals surface area (Å²) < 4.78 is 12.4.